The van der Waals surface area contributed by atoms with Crippen LogP contribution in [0.15, 0.2) is 24.3 Å². The summed E-state index contributed by atoms with van der Waals surface area (Å²) in [5.74, 6) is -3.74. The van der Waals surface area contributed by atoms with E-state index < -0.39 is 59.8 Å². The van der Waals surface area contributed by atoms with E-state index in [0.29, 0.717) is 0 Å². The van der Waals surface area contributed by atoms with Crippen LogP contribution in [0.5, 0.6) is 0 Å². The minimum absolute atomic E-state index is 0.138. The van der Waals surface area contributed by atoms with Gasteiger partial charge in [-0.3, -0.25) is 28.9 Å². The Morgan fingerprint density at radius 1 is 0.867 bits per heavy atom. The summed E-state index contributed by atoms with van der Waals surface area (Å²) in [6.45, 7) is 3.26. The van der Waals surface area contributed by atoms with Gasteiger partial charge in [0.2, 0.25) is 12.4 Å². The molecule has 0 N–H and O–H groups in total. The van der Waals surface area contributed by atoms with Gasteiger partial charge in [-0.1, -0.05) is 23.7 Å². The number of esters is 3. The molecule has 0 radical (unpaired) electrons. The van der Waals surface area contributed by atoms with Crippen LogP contribution in [-0.4, -0.2) is 64.7 Å². The van der Waals surface area contributed by atoms with Crippen molar-refractivity contribution >= 4 is 41.3 Å². The second-order valence-electron chi connectivity index (χ2n) is 6.63. The molecule has 2 amide bonds. The molecule has 1 fully saturated rings. The van der Waals surface area contributed by atoms with Crippen LogP contribution < -0.4 is 0 Å². The number of nitrogens with zero attached hydrogens (tertiary/aromatic N) is 1. The Labute approximate surface area is 175 Å². The number of hydrogen-bond acceptors (Lipinski definition) is 9. The zero-order chi connectivity index (χ0) is 22.2. The van der Waals surface area contributed by atoms with E-state index in [2.05, 4.69) is 0 Å². The fourth-order valence-corrected chi connectivity index (χ4v) is 3.79. The highest BCUT2D eigenvalue weighted by molar-refractivity contribution is 6.24. The van der Waals surface area contributed by atoms with Gasteiger partial charge in [-0.2, -0.15) is 0 Å². The van der Waals surface area contributed by atoms with Crippen molar-refractivity contribution in [2.75, 3.05) is 0 Å². The average Bonchev–Trinajstić information content (AvgIpc) is 2.89. The van der Waals surface area contributed by atoms with Gasteiger partial charge < -0.3 is 18.9 Å². The number of ether oxygens (including phenoxy) is 4. The molecule has 30 heavy (non-hydrogen) atoms. The van der Waals surface area contributed by atoms with Gasteiger partial charge in [-0.25, -0.2) is 0 Å². The predicted molar refractivity (Wildman–Crippen MR) is 98.1 cm³/mol. The standard InChI is InChI=1S/C19H18ClNO9/c1-8(22)27-14-13(21-17(25)11-6-4-5-7-12(11)18(21)26)16(20)30-19(29-10(3)24)15(14)28-9(2)23/h4-7,13-16,19H,1-3H3/t13-,14-,15+,16+,19+/m1/s1. The van der Waals surface area contributed by atoms with Gasteiger partial charge in [0.25, 0.3) is 11.8 Å². The normalized spacial score (nSPS) is 28.0. The monoisotopic (exact) mass is 439 g/mol. The molecule has 0 bridgehead atoms. The molecule has 1 aromatic carbocycles. The number of imide groups is 1. The lowest BCUT2D eigenvalue weighted by atomic mass is 10.00. The Bertz CT molecular complexity index is 882. The van der Waals surface area contributed by atoms with Crippen molar-refractivity contribution in [3.05, 3.63) is 35.4 Å². The first-order valence-electron chi connectivity index (χ1n) is 8.90. The maximum atomic E-state index is 12.9. The number of amides is 2. The van der Waals surface area contributed by atoms with E-state index in [-0.39, 0.29) is 11.1 Å². The molecule has 2 heterocycles. The number of halogens is 1. The van der Waals surface area contributed by atoms with E-state index in [1.54, 1.807) is 12.1 Å². The van der Waals surface area contributed by atoms with E-state index in [9.17, 15) is 24.0 Å². The van der Waals surface area contributed by atoms with Crippen LogP contribution in [0.1, 0.15) is 41.5 Å². The Morgan fingerprint density at radius 3 is 1.80 bits per heavy atom. The molecule has 2 aliphatic heterocycles. The summed E-state index contributed by atoms with van der Waals surface area (Å²) in [7, 11) is 0. The lowest BCUT2D eigenvalue weighted by Gasteiger charge is -2.45. The molecule has 160 valence electrons. The fourth-order valence-electron chi connectivity index (χ4n) is 3.43. The van der Waals surface area contributed by atoms with Crippen molar-refractivity contribution < 1.29 is 42.9 Å². The van der Waals surface area contributed by atoms with E-state index >= 15 is 0 Å². The minimum Gasteiger partial charge on any atom is -0.456 e. The van der Waals surface area contributed by atoms with Gasteiger partial charge in [0.1, 0.15) is 6.04 Å². The Kier molecular flexibility index (Phi) is 6.09. The first-order valence-corrected chi connectivity index (χ1v) is 9.33. The molecule has 2 aliphatic rings. The fraction of sp³-hybridized carbons (Fsp3) is 0.421. The molecule has 10 nitrogen and oxygen atoms in total. The number of benzene rings is 1. The third kappa shape index (κ3) is 4.01. The highest BCUT2D eigenvalue weighted by atomic mass is 35.5. The van der Waals surface area contributed by atoms with Crippen molar-refractivity contribution in [1.29, 1.82) is 0 Å². The largest absolute Gasteiger partial charge is 0.456 e. The van der Waals surface area contributed by atoms with E-state index in [4.69, 9.17) is 30.5 Å². The van der Waals surface area contributed by atoms with Crippen molar-refractivity contribution in [1.82, 2.24) is 4.90 Å². The highest BCUT2D eigenvalue weighted by Gasteiger charge is 2.57. The molecule has 0 aliphatic carbocycles. The SMILES string of the molecule is CC(=O)O[C@H]1O[C@H](Cl)[C@H](N2C(=O)c3ccccc3C2=O)[C@@H](OC(C)=O)[C@@H]1OC(C)=O. The van der Waals surface area contributed by atoms with Crippen LogP contribution in [0.2, 0.25) is 0 Å². The number of hydrogen-bond donors (Lipinski definition) is 0. The lowest BCUT2D eigenvalue weighted by molar-refractivity contribution is -0.266. The number of alkyl halides is 1. The average molecular weight is 440 g/mol. The van der Waals surface area contributed by atoms with Crippen LogP contribution >= 0.6 is 11.6 Å². The quantitative estimate of drug-likeness (QED) is 0.292. The first kappa shape index (κ1) is 21.7. The van der Waals surface area contributed by atoms with Crippen molar-refractivity contribution in [3.8, 4) is 0 Å². The van der Waals surface area contributed by atoms with E-state index in [1.165, 1.54) is 12.1 Å². The zero-order valence-electron chi connectivity index (χ0n) is 16.2. The summed E-state index contributed by atoms with van der Waals surface area (Å²) >= 11 is 6.30. The third-order valence-corrected chi connectivity index (χ3v) is 4.83. The molecule has 11 heteroatoms. The molecule has 1 aromatic rings. The smallest absolute Gasteiger partial charge is 0.305 e. The number of carbonyl (C=O) groups excluding carboxylic acids is 5. The summed E-state index contributed by atoms with van der Waals surface area (Å²) in [5.41, 5.74) is -1.16. The van der Waals surface area contributed by atoms with Gasteiger partial charge in [0.15, 0.2) is 11.7 Å². The molecule has 5 atom stereocenters. The predicted octanol–water partition coefficient (Wildman–Crippen LogP) is 0.999. The molecule has 0 unspecified atom stereocenters. The van der Waals surface area contributed by atoms with Gasteiger partial charge in [0, 0.05) is 20.8 Å². The molecule has 0 spiro atoms. The maximum Gasteiger partial charge on any atom is 0.305 e. The minimum atomic E-state index is -1.52. The Hall–Kier alpha value is -2.98. The number of fused-ring (bicyclic) bond motifs is 1. The highest BCUT2D eigenvalue weighted by Crippen LogP contribution is 2.36. The van der Waals surface area contributed by atoms with Crippen molar-refractivity contribution in [2.24, 2.45) is 0 Å². The zero-order valence-corrected chi connectivity index (χ0v) is 17.0. The summed E-state index contributed by atoms with van der Waals surface area (Å²) in [6.07, 6.45) is -4.45. The molecule has 0 aromatic heterocycles. The molecular formula is C19H18ClNO9. The summed E-state index contributed by atoms with van der Waals surface area (Å²) in [4.78, 5) is 61.5. The van der Waals surface area contributed by atoms with Crippen LogP contribution in [0.4, 0.5) is 0 Å². The molecular weight excluding hydrogens is 422 g/mol. The van der Waals surface area contributed by atoms with Crippen LogP contribution in [0, 0.1) is 0 Å². The first-order chi connectivity index (χ1) is 14.1. The van der Waals surface area contributed by atoms with E-state index in [0.717, 1.165) is 25.7 Å². The second kappa shape index (κ2) is 8.41. The number of carbonyl (C=O) groups is 5. The van der Waals surface area contributed by atoms with Gasteiger partial charge in [-0.15, -0.1) is 0 Å². The van der Waals surface area contributed by atoms with Gasteiger partial charge in [0.05, 0.1) is 11.1 Å². The summed E-state index contributed by atoms with van der Waals surface area (Å²) in [5, 5.41) is 0. The van der Waals surface area contributed by atoms with E-state index in [1.807, 2.05) is 0 Å². The lowest BCUT2D eigenvalue weighted by Crippen LogP contribution is -2.65. The summed E-state index contributed by atoms with van der Waals surface area (Å²) in [6, 6.07) is 4.75. The second-order valence-corrected chi connectivity index (χ2v) is 7.06. The molecule has 3 rings (SSSR count). The summed E-state index contributed by atoms with van der Waals surface area (Å²) < 4.78 is 20.9. The van der Waals surface area contributed by atoms with Gasteiger partial charge in [-0.05, 0) is 12.1 Å². The molecule has 0 saturated carbocycles. The van der Waals surface area contributed by atoms with Crippen LogP contribution in [0.3, 0.4) is 0 Å². The third-order valence-electron chi connectivity index (χ3n) is 4.47. The van der Waals surface area contributed by atoms with Crippen LogP contribution in [0.25, 0.3) is 0 Å². The molecule has 1 saturated heterocycles. The number of rotatable bonds is 4. The maximum absolute atomic E-state index is 12.9. The Morgan fingerprint density at radius 2 is 1.33 bits per heavy atom. The van der Waals surface area contributed by atoms with Gasteiger partial charge >= 0.3 is 17.9 Å². The van der Waals surface area contributed by atoms with Crippen LogP contribution in [-0.2, 0) is 33.3 Å². The Balaban J connectivity index is 2.05. The van der Waals surface area contributed by atoms with Crippen molar-refractivity contribution in [2.45, 2.75) is 50.9 Å². The van der Waals surface area contributed by atoms with Crippen molar-refractivity contribution in [3.63, 3.8) is 0 Å². The topological polar surface area (TPSA) is 126 Å².